The van der Waals surface area contributed by atoms with Crippen molar-refractivity contribution in [2.75, 3.05) is 12.4 Å². The summed E-state index contributed by atoms with van der Waals surface area (Å²) in [6.45, 7) is 0. The molecule has 0 saturated carbocycles. The van der Waals surface area contributed by atoms with Crippen molar-refractivity contribution < 1.29 is 4.74 Å². The van der Waals surface area contributed by atoms with E-state index in [9.17, 15) is 0 Å². The Bertz CT molecular complexity index is 939. The van der Waals surface area contributed by atoms with Gasteiger partial charge in [-0.25, -0.2) is 0 Å². The first-order chi connectivity index (χ1) is 11.3. The Morgan fingerprint density at radius 1 is 1.00 bits per heavy atom. The Kier molecular flexibility index (Phi) is 3.20. The van der Waals surface area contributed by atoms with E-state index in [-0.39, 0.29) is 0 Å². The molecule has 0 bridgehead atoms. The number of fused-ring (bicyclic) bond motifs is 1. The van der Waals surface area contributed by atoms with Gasteiger partial charge in [0.2, 0.25) is 0 Å². The van der Waals surface area contributed by atoms with Crippen molar-refractivity contribution >= 4 is 22.4 Å². The maximum absolute atomic E-state index is 5.17. The van der Waals surface area contributed by atoms with E-state index in [1.54, 1.807) is 13.3 Å². The fourth-order valence-electron chi connectivity index (χ4n) is 2.47. The van der Waals surface area contributed by atoms with Crippen molar-refractivity contribution in [2.45, 2.75) is 0 Å². The fourth-order valence-corrected chi connectivity index (χ4v) is 2.47. The quantitative estimate of drug-likeness (QED) is 0.537. The van der Waals surface area contributed by atoms with Crippen LogP contribution in [-0.4, -0.2) is 27.5 Å². The summed E-state index contributed by atoms with van der Waals surface area (Å²) in [6, 6.07) is 15.8. The van der Waals surface area contributed by atoms with Gasteiger partial charge in [-0.05, 0) is 48.0 Å². The van der Waals surface area contributed by atoms with Gasteiger partial charge in [0, 0.05) is 17.1 Å². The number of methoxy groups -OCH3 is 1. The highest BCUT2D eigenvalue weighted by molar-refractivity contribution is 5.82. The molecule has 23 heavy (non-hydrogen) atoms. The third kappa shape index (κ3) is 2.62. The number of hydrogen-bond acceptors (Lipinski definition) is 4. The fraction of sp³-hybridized carbons (Fsp3) is 0.0588. The summed E-state index contributed by atoms with van der Waals surface area (Å²) in [5, 5.41) is 18.7. The zero-order valence-corrected chi connectivity index (χ0v) is 12.5. The van der Waals surface area contributed by atoms with Gasteiger partial charge in [-0.3, -0.25) is 10.2 Å². The predicted octanol–water partition coefficient (Wildman–Crippen LogP) is 3.71. The Morgan fingerprint density at radius 3 is 2.70 bits per heavy atom. The van der Waals surface area contributed by atoms with Gasteiger partial charge in [-0.15, -0.1) is 0 Å². The van der Waals surface area contributed by atoms with Gasteiger partial charge in [-0.1, -0.05) is 0 Å². The second-order valence-electron chi connectivity index (χ2n) is 5.19. The van der Waals surface area contributed by atoms with Crippen molar-refractivity contribution in [3.8, 4) is 17.0 Å². The standard InChI is InChI=1S/C17H15N5O/c1-23-14-6-3-11(4-7-14)16-9-17(22-21-16)19-13-5-2-12-10-18-20-15(12)8-13/h2-10H,1H3,(H,18,20)(H2,19,21,22). The normalized spacial score (nSPS) is 10.8. The molecule has 6 nitrogen and oxygen atoms in total. The Labute approximate surface area is 132 Å². The van der Waals surface area contributed by atoms with Crippen molar-refractivity contribution in [1.29, 1.82) is 0 Å². The van der Waals surface area contributed by atoms with Crippen LogP contribution >= 0.6 is 0 Å². The molecule has 0 unspecified atom stereocenters. The Hall–Kier alpha value is -3.28. The number of hydrogen-bond donors (Lipinski definition) is 3. The molecule has 0 aliphatic carbocycles. The third-order valence-electron chi connectivity index (χ3n) is 3.69. The van der Waals surface area contributed by atoms with E-state index < -0.39 is 0 Å². The summed E-state index contributed by atoms with van der Waals surface area (Å²) in [7, 11) is 1.66. The molecule has 0 saturated heterocycles. The number of benzene rings is 2. The first kappa shape index (κ1) is 13.4. The molecule has 0 spiro atoms. The molecule has 4 aromatic rings. The number of anilines is 2. The van der Waals surface area contributed by atoms with Crippen molar-refractivity contribution in [2.24, 2.45) is 0 Å². The molecule has 2 aromatic carbocycles. The van der Waals surface area contributed by atoms with Crippen molar-refractivity contribution in [3.63, 3.8) is 0 Å². The van der Waals surface area contributed by atoms with Crippen LogP contribution in [-0.2, 0) is 0 Å². The van der Waals surface area contributed by atoms with Crippen molar-refractivity contribution in [1.82, 2.24) is 20.4 Å². The molecule has 0 radical (unpaired) electrons. The second-order valence-corrected chi connectivity index (χ2v) is 5.19. The monoisotopic (exact) mass is 305 g/mol. The van der Waals surface area contributed by atoms with Gasteiger partial charge in [0.1, 0.15) is 5.75 Å². The van der Waals surface area contributed by atoms with Gasteiger partial charge >= 0.3 is 0 Å². The molecule has 3 N–H and O–H groups in total. The first-order valence-electron chi connectivity index (χ1n) is 7.22. The van der Waals surface area contributed by atoms with Gasteiger partial charge in [0.15, 0.2) is 5.82 Å². The molecule has 114 valence electrons. The van der Waals surface area contributed by atoms with Crippen LogP contribution in [0.4, 0.5) is 11.5 Å². The average Bonchev–Trinajstić information content (AvgIpc) is 3.24. The maximum atomic E-state index is 5.17. The Morgan fingerprint density at radius 2 is 1.87 bits per heavy atom. The van der Waals surface area contributed by atoms with E-state index in [1.807, 2.05) is 48.5 Å². The van der Waals surface area contributed by atoms with E-state index >= 15 is 0 Å². The van der Waals surface area contributed by atoms with E-state index in [2.05, 4.69) is 25.7 Å². The zero-order chi connectivity index (χ0) is 15.6. The molecule has 2 heterocycles. The minimum atomic E-state index is 0.759. The van der Waals surface area contributed by atoms with Gasteiger partial charge in [-0.2, -0.15) is 10.2 Å². The molecular formula is C17H15N5O. The summed E-state index contributed by atoms with van der Waals surface area (Å²) in [5.74, 6) is 1.59. The third-order valence-corrected chi connectivity index (χ3v) is 3.69. The number of aromatic amines is 2. The number of H-pyrrole nitrogens is 2. The van der Waals surface area contributed by atoms with Crippen LogP contribution < -0.4 is 10.1 Å². The first-order valence-corrected chi connectivity index (χ1v) is 7.22. The minimum absolute atomic E-state index is 0.759. The molecular weight excluding hydrogens is 290 g/mol. The molecule has 0 aliphatic heterocycles. The van der Waals surface area contributed by atoms with Crippen LogP contribution in [0.5, 0.6) is 5.75 Å². The molecule has 6 heteroatoms. The van der Waals surface area contributed by atoms with Crippen LogP contribution in [0.3, 0.4) is 0 Å². The summed E-state index contributed by atoms with van der Waals surface area (Å²) >= 11 is 0. The molecule has 0 amide bonds. The smallest absolute Gasteiger partial charge is 0.152 e. The number of aromatic nitrogens is 4. The summed E-state index contributed by atoms with van der Waals surface area (Å²) < 4.78 is 5.17. The largest absolute Gasteiger partial charge is 0.497 e. The number of nitrogens with one attached hydrogen (secondary N) is 3. The predicted molar refractivity (Wildman–Crippen MR) is 90.0 cm³/mol. The summed E-state index contributed by atoms with van der Waals surface area (Å²) in [5.41, 5.74) is 3.93. The van der Waals surface area contributed by atoms with E-state index in [4.69, 9.17) is 4.74 Å². The highest BCUT2D eigenvalue weighted by atomic mass is 16.5. The van der Waals surface area contributed by atoms with Crippen molar-refractivity contribution in [3.05, 3.63) is 54.7 Å². The molecule has 0 atom stereocenters. The van der Waals surface area contributed by atoms with Crippen LogP contribution in [0.15, 0.2) is 54.7 Å². The van der Waals surface area contributed by atoms with Gasteiger partial charge < -0.3 is 10.1 Å². The minimum Gasteiger partial charge on any atom is -0.497 e. The van der Waals surface area contributed by atoms with E-state index in [0.717, 1.165) is 39.4 Å². The van der Waals surface area contributed by atoms with Gasteiger partial charge in [0.05, 0.1) is 24.5 Å². The lowest BCUT2D eigenvalue weighted by atomic mass is 10.1. The highest BCUT2D eigenvalue weighted by Crippen LogP contribution is 2.25. The van der Waals surface area contributed by atoms with E-state index in [0.29, 0.717) is 0 Å². The van der Waals surface area contributed by atoms with Crippen LogP contribution in [0, 0.1) is 0 Å². The molecule has 2 aromatic heterocycles. The van der Waals surface area contributed by atoms with Crippen LogP contribution in [0.25, 0.3) is 22.2 Å². The SMILES string of the molecule is COc1ccc(-c2cc(Nc3ccc4cn[nH]c4c3)n[nH]2)cc1. The van der Waals surface area contributed by atoms with E-state index in [1.165, 1.54) is 0 Å². The lowest BCUT2D eigenvalue weighted by Crippen LogP contribution is -1.89. The lowest BCUT2D eigenvalue weighted by Gasteiger charge is -2.02. The molecule has 0 aliphatic rings. The van der Waals surface area contributed by atoms with Gasteiger partial charge in [0.25, 0.3) is 0 Å². The lowest BCUT2D eigenvalue weighted by molar-refractivity contribution is 0.415. The maximum Gasteiger partial charge on any atom is 0.152 e. The summed E-state index contributed by atoms with van der Waals surface area (Å²) in [6.07, 6.45) is 1.80. The Balaban J connectivity index is 1.56. The molecule has 0 fully saturated rings. The second kappa shape index (κ2) is 5.49. The van der Waals surface area contributed by atoms with Crippen LogP contribution in [0.2, 0.25) is 0 Å². The zero-order valence-electron chi connectivity index (χ0n) is 12.5. The number of nitrogens with zero attached hydrogens (tertiary/aromatic N) is 2. The summed E-state index contributed by atoms with van der Waals surface area (Å²) in [4.78, 5) is 0. The van der Waals surface area contributed by atoms with Crippen LogP contribution in [0.1, 0.15) is 0 Å². The number of rotatable bonds is 4. The average molecular weight is 305 g/mol. The molecule has 4 rings (SSSR count). The number of ether oxygens (including phenoxy) is 1. The highest BCUT2D eigenvalue weighted by Gasteiger charge is 2.05. The topological polar surface area (TPSA) is 78.6 Å².